The van der Waals surface area contributed by atoms with Crippen LogP contribution >= 0.6 is 11.6 Å². The van der Waals surface area contributed by atoms with E-state index in [2.05, 4.69) is 16.4 Å². The molecule has 0 spiro atoms. The predicted molar refractivity (Wildman–Crippen MR) is 100 cm³/mol. The average molecular weight is 348 g/mol. The molecule has 2 aromatic carbocycles. The van der Waals surface area contributed by atoms with Crippen molar-refractivity contribution in [2.75, 3.05) is 5.32 Å². The van der Waals surface area contributed by atoms with Crippen LogP contribution in [0, 0.1) is 25.2 Å². The van der Waals surface area contributed by atoms with E-state index in [0.717, 1.165) is 44.3 Å². The van der Waals surface area contributed by atoms with Crippen molar-refractivity contribution >= 4 is 39.8 Å². The molecule has 0 fully saturated rings. The van der Waals surface area contributed by atoms with Crippen molar-refractivity contribution in [2.45, 2.75) is 13.8 Å². The number of para-hydroxylation sites is 2. The van der Waals surface area contributed by atoms with E-state index in [1.807, 2.05) is 66.8 Å². The average Bonchev–Trinajstić information content (AvgIpc) is 2.98. The maximum atomic E-state index is 9.57. The second kappa shape index (κ2) is 5.80. The highest BCUT2D eigenvalue weighted by molar-refractivity contribution is 6.31. The van der Waals surface area contributed by atoms with E-state index in [9.17, 15) is 5.26 Å². The lowest BCUT2D eigenvalue weighted by molar-refractivity contribution is -0.464. The lowest BCUT2D eigenvalue weighted by atomic mass is 10.1. The summed E-state index contributed by atoms with van der Waals surface area (Å²) >= 11 is 6.26. The normalized spacial score (nSPS) is 11.0. The number of anilines is 2. The van der Waals surface area contributed by atoms with Gasteiger partial charge in [0.15, 0.2) is 0 Å². The number of pyridine rings is 1. The van der Waals surface area contributed by atoms with Crippen molar-refractivity contribution < 1.29 is 4.40 Å². The molecule has 0 saturated heterocycles. The van der Waals surface area contributed by atoms with Crippen molar-refractivity contribution in [2.24, 2.45) is 0 Å². The molecule has 0 unspecified atom stereocenters. The summed E-state index contributed by atoms with van der Waals surface area (Å²) in [6.07, 6.45) is 0. The topological polar surface area (TPSA) is 55.7 Å². The summed E-state index contributed by atoms with van der Waals surface area (Å²) in [5, 5.41) is 13.7. The highest BCUT2D eigenvalue weighted by atomic mass is 35.5. The van der Waals surface area contributed by atoms with Gasteiger partial charge in [0.2, 0.25) is 11.5 Å². The molecule has 0 aliphatic rings. The van der Waals surface area contributed by atoms with Crippen molar-refractivity contribution in [3.05, 3.63) is 70.2 Å². The highest BCUT2D eigenvalue weighted by Crippen LogP contribution is 2.25. The Hall–Kier alpha value is -3.03. The molecule has 0 atom stereocenters. The van der Waals surface area contributed by atoms with Crippen LogP contribution in [0.2, 0.25) is 5.02 Å². The molecule has 2 N–H and O–H groups in total. The van der Waals surface area contributed by atoms with Crippen LogP contribution in [-0.4, -0.2) is 4.98 Å². The molecular formula is C20H16ClN4+. The van der Waals surface area contributed by atoms with Crippen LogP contribution in [0.1, 0.15) is 16.7 Å². The Bertz CT molecular complexity index is 1170. The van der Waals surface area contributed by atoms with E-state index in [1.165, 1.54) is 0 Å². The Balaban J connectivity index is 2.00. The van der Waals surface area contributed by atoms with E-state index >= 15 is 0 Å². The van der Waals surface area contributed by atoms with E-state index in [-0.39, 0.29) is 0 Å². The number of hydrogen-bond donors (Lipinski definition) is 2. The van der Waals surface area contributed by atoms with Crippen molar-refractivity contribution in [1.82, 2.24) is 4.98 Å². The van der Waals surface area contributed by atoms with Gasteiger partial charge in [-0.1, -0.05) is 29.8 Å². The fourth-order valence-electron chi connectivity index (χ4n) is 3.08. The number of nitrogens with zero attached hydrogens (tertiary/aromatic N) is 2. The van der Waals surface area contributed by atoms with Crippen LogP contribution in [-0.2, 0) is 0 Å². The molecule has 2 heterocycles. The summed E-state index contributed by atoms with van der Waals surface area (Å²) in [6, 6.07) is 18.2. The molecule has 0 aliphatic carbocycles. The van der Waals surface area contributed by atoms with Gasteiger partial charge in [-0.2, -0.15) is 9.66 Å². The Labute approximate surface area is 150 Å². The Kier molecular flexibility index (Phi) is 3.60. The van der Waals surface area contributed by atoms with Crippen LogP contribution in [0.3, 0.4) is 0 Å². The molecule has 122 valence electrons. The fraction of sp³-hybridized carbons (Fsp3) is 0.100. The molecule has 2 aromatic heterocycles. The van der Waals surface area contributed by atoms with Crippen LogP contribution in [0.15, 0.2) is 48.5 Å². The molecule has 0 bridgehead atoms. The number of fused-ring (bicyclic) bond motifs is 3. The molecule has 0 radical (unpaired) electrons. The van der Waals surface area contributed by atoms with Crippen molar-refractivity contribution in [1.29, 1.82) is 5.26 Å². The Morgan fingerprint density at radius 1 is 1.08 bits per heavy atom. The van der Waals surface area contributed by atoms with Crippen LogP contribution in [0.5, 0.6) is 0 Å². The number of aryl methyl sites for hydroxylation is 2. The SMILES string of the molecule is Cc1ccc(Nc2cc(C)c(C#N)c3[nH]c4ccccc4[n+]23)cc1Cl. The lowest BCUT2D eigenvalue weighted by Gasteiger charge is -2.07. The summed E-state index contributed by atoms with van der Waals surface area (Å²) < 4.78 is 2.04. The maximum absolute atomic E-state index is 9.57. The second-order valence-electron chi connectivity index (χ2n) is 6.11. The fourth-order valence-corrected chi connectivity index (χ4v) is 3.26. The molecule has 0 amide bonds. The molecule has 4 rings (SSSR count). The van der Waals surface area contributed by atoms with E-state index in [0.29, 0.717) is 5.56 Å². The monoisotopic (exact) mass is 347 g/mol. The molecule has 4 aromatic rings. The number of H-pyrrole nitrogens is 1. The molecule has 0 aliphatic heterocycles. The smallest absolute Gasteiger partial charge is 0.250 e. The summed E-state index contributed by atoms with van der Waals surface area (Å²) in [5.74, 6) is 0.879. The van der Waals surface area contributed by atoms with Gasteiger partial charge in [-0.3, -0.25) is 10.3 Å². The van der Waals surface area contributed by atoms with Crippen LogP contribution in [0.4, 0.5) is 11.5 Å². The van der Waals surface area contributed by atoms with Crippen LogP contribution in [0.25, 0.3) is 16.7 Å². The molecule has 5 heteroatoms. The van der Waals surface area contributed by atoms with Gasteiger partial charge >= 0.3 is 0 Å². The lowest BCUT2D eigenvalue weighted by Crippen LogP contribution is -2.26. The summed E-state index contributed by atoms with van der Waals surface area (Å²) in [6.45, 7) is 3.92. The quantitative estimate of drug-likeness (QED) is 0.512. The number of aromatic nitrogens is 2. The minimum atomic E-state index is 0.642. The standard InChI is InChI=1S/C20H15ClN4/c1-12-7-8-14(10-16(12)21)23-19-9-13(2)15(11-22)20-24-17-5-3-4-6-18(17)25(19)20/h3-10H,1-2H3,(H,23,24)/p+1. The minimum absolute atomic E-state index is 0.642. The molecule has 4 nitrogen and oxygen atoms in total. The second-order valence-corrected chi connectivity index (χ2v) is 6.52. The first-order valence-corrected chi connectivity index (χ1v) is 8.35. The largest absolute Gasteiger partial charge is 0.273 e. The zero-order chi connectivity index (χ0) is 17.6. The van der Waals surface area contributed by atoms with E-state index < -0.39 is 0 Å². The van der Waals surface area contributed by atoms with Gasteiger partial charge < -0.3 is 0 Å². The van der Waals surface area contributed by atoms with Crippen molar-refractivity contribution in [3.8, 4) is 6.07 Å². The van der Waals surface area contributed by atoms with Gasteiger partial charge in [0.25, 0.3) is 0 Å². The van der Waals surface area contributed by atoms with Gasteiger partial charge in [0.1, 0.15) is 22.7 Å². The van der Waals surface area contributed by atoms with Gasteiger partial charge in [-0.05, 0) is 49.2 Å². The zero-order valence-electron chi connectivity index (χ0n) is 13.9. The summed E-state index contributed by atoms with van der Waals surface area (Å²) in [7, 11) is 0. The van der Waals surface area contributed by atoms with Crippen LogP contribution < -0.4 is 9.72 Å². The number of nitriles is 1. The van der Waals surface area contributed by atoms with Gasteiger partial charge in [0.05, 0.1) is 5.69 Å². The predicted octanol–water partition coefficient (Wildman–Crippen LogP) is 4.79. The number of rotatable bonds is 2. The minimum Gasteiger partial charge on any atom is -0.273 e. The highest BCUT2D eigenvalue weighted by Gasteiger charge is 2.20. The first-order chi connectivity index (χ1) is 12.1. The third-order valence-corrected chi connectivity index (χ3v) is 4.81. The number of halogens is 1. The number of aromatic amines is 1. The third kappa shape index (κ3) is 2.50. The molecular weight excluding hydrogens is 332 g/mol. The maximum Gasteiger partial charge on any atom is 0.250 e. The number of imidazole rings is 1. The number of benzene rings is 2. The first kappa shape index (κ1) is 15.5. The van der Waals surface area contributed by atoms with Gasteiger partial charge in [0, 0.05) is 11.1 Å². The van der Waals surface area contributed by atoms with E-state index in [4.69, 9.17) is 11.6 Å². The van der Waals surface area contributed by atoms with Gasteiger partial charge in [-0.25, -0.2) is 0 Å². The Morgan fingerprint density at radius 2 is 1.88 bits per heavy atom. The number of hydrogen-bond acceptors (Lipinski definition) is 2. The van der Waals surface area contributed by atoms with Crippen molar-refractivity contribution in [3.63, 3.8) is 0 Å². The summed E-state index contributed by atoms with van der Waals surface area (Å²) in [4.78, 5) is 3.36. The Morgan fingerprint density at radius 3 is 2.64 bits per heavy atom. The summed E-state index contributed by atoms with van der Waals surface area (Å²) in [5.41, 5.74) is 6.26. The molecule has 25 heavy (non-hydrogen) atoms. The zero-order valence-corrected chi connectivity index (χ0v) is 14.6. The van der Waals surface area contributed by atoms with E-state index in [1.54, 1.807) is 0 Å². The van der Waals surface area contributed by atoms with Gasteiger partial charge in [-0.15, -0.1) is 0 Å². The first-order valence-electron chi connectivity index (χ1n) is 7.98. The number of nitrogens with one attached hydrogen (secondary N) is 2. The molecule has 0 saturated carbocycles. The third-order valence-electron chi connectivity index (χ3n) is 4.40.